The number of benzene rings is 2. The molecule has 3 heterocycles. The van der Waals surface area contributed by atoms with Gasteiger partial charge in [0, 0.05) is 6.54 Å². The van der Waals surface area contributed by atoms with E-state index in [9.17, 15) is 18.0 Å². The number of aromatic nitrogens is 4. The molecule has 1 fully saturated rings. The Balaban J connectivity index is 1.45. The molecule has 4 aromatic rings. The van der Waals surface area contributed by atoms with E-state index in [4.69, 9.17) is 0 Å². The minimum Gasteiger partial charge on any atom is -0.354 e. The van der Waals surface area contributed by atoms with Crippen LogP contribution in [0.25, 0.3) is 22.3 Å². The third-order valence-corrected chi connectivity index (χ3v) is 6.50. The van der Waals surface area contributed by atoms with Gasteiger partial charge in [-0.15, -0.1) is 0 Å². The highest BCUT2D eigenvalue weighted by Gasteiger charge is 2.30. The number of H-pyrrole nitrogens is 1. The number of hydrogen-bond acceptors (Lipinski definition) is 5. The van der Waals surface area contributed by atoms with Gasteiger partial charge >= 0.3 is 11.9 Å². The van der Waals surface area contributed by atoms with Gasteiger partial charge < -0.3 is 15.6 Å². The molecule has 0 unspecified atom stereocenters. The third-order valence-electron chi connectivity index (χ3n) is 6.50. The highest BCUT2D eigenvalue weighted by Crippen LogP contribution is 2.33. The van der Waals surface area contributed by atoms with Crippen LogP contribution in [-0.2, 0) is 12.7 Å². The predicted molar refractivity (Wildman–Crippen MR) is 128 cm³/mol. The summed E-state index contributed by atoms with van der Waals surface area (Å²) < 4.78 is 41.2. The lowest BCUT2D eigenvalue weighted by Gasteiger charge is -2.14. The van der Waals surface area contributed by atoms with Crippen LogP contribution < -0.4 is 16.3 Å². The fourth-order valence-corrected chi connectivity index (χ4v) is 4.50. The van der Waals surface area contributed by atoms with Crippen molar-refractivity contribution in [1.82, 2.24) is 24.8 Å². The molecule has 5 rings (SSSR count). The van der Waals surface area contributed by atoms with Gasteiger partial charge in [-0.05, 0) is 66.7 Å². The number of halogens is 3. The summed E-state index contributed by atoms with van der Waals surface area (Å²) in [5.74, 6) is 0.954. The first kappa shape index (κ1) is 23.1. The van der Waals surface area contributed by atoms with Gasteiger partial charge in [-0.2, -0.15) is 18.2 Å². The quantitative estimate of drug-likeness (QED) is 0.384. The van der Waals surface area contributed by atoms with Crippen molar-refractivity contribution in [2.45, 2.75) is 26.1 Å². The molecule has 1 aliphatic rings. The number of fused-ring (bicyclic) bond motifs is 1. The van der Waals surface area contributed by atoms with Gasteiger partial charge in [0.15, 0.2) is 5.65 Å². The average molecular weight is 483 g/mol. The summed E-state index contributed by atoms with van der Waals surface area (Å²) in [4.78, 5) is 24.4. The summed E-state index contributed by atoms with van der Waals surface area (Å²) in [7, 11) is 0. The van der Waals surface area contributed by atoms with Crippen molar-refractivity contribution in [2.75, 3.05) is 25.0 Å². The zero-order chi connectivity index (χ0) is 24.6. The molecule has 0 radical (unpaired) electrons. The standard InChI is InChI=1S/C25H25F3N6O/c1-15-18(5-3-7-20(15)17-4-2-6-19(10-17)25(26,27)28)14-34-22-21(32-24(34)35)13-31-23(33-22)30-12-16-8-9-29-11-16/h2-7,10,13,16,29H,8-9,11-12,14H2,1H3,(H,32,35)(H,30,31,33)/t16-/m1/s1. The Kier molecular flexibility index (Phi) is 6.06. The van der Waals surface area contributed by atoms with E-state index in [-0.39, 0.29) is 12.2 Å². The summed E-state index contributed by atoms with van der Waals surface area (Å²) in [5, 5.41) is 6.58. The molecule has 1 aliphatic heterocycles. The first-order valence-electron chi connectivity index (χ1n) is 11.5. The number of aromatic amines is 1. The molecule has 1 saturated heterocycles. The van der Waals surface area contributed by atoms with E-state index >= 15 is 0 Å². The van der Waals surface area contributed by atoms with Crippen molar-refractivity contribution >= 4 is 17.1 Å². The van der Waals surface area contributed by atoms with Gasteiger partial charge in [0.2, 0.25) is 5.95 Å². The van der Waals surface area contributed by atoms with Crippen molar-refractivity contribution in [1.29, 1.82) is 0 Å². The van der Waals surface area contributed by atoms with Crippen LogP contribution in [0.5, 0.6) is 0 Å². The molecule has 35 heavy (non-hydrogen) atoms. The van der Waals surface area contributed by atoms with Crippen LogP contribution in [0.15, 0.2) is 53.5 Å². The minimum absolute atomic E-state index is 0.223. The Bertz CT molecular complexity index is 1420. The number of nitrogens with zero attached hydrogens (tertiary/aromatic N) is 3. The fourth-order valence-electron chi connectivity index (χ4n) is 4.50. The first-order valence-corrected chi connectivity index (χ1v) is 11.5. The maximum absolute atomic E-state index is 13.2. The Morgan fingerprint density at radius 3 is 2.80 bits per heavy atom. The van der Waals surface area contributed by atoms with Gasteiger partial charge in [-0.25, -0.2) is 9.78 Å². The smallest absolute Gasteiger partial charge is 0.354 e. The minimum atomic E-state index is -4.42. The van der Waals surface area contributed by atoms with Crippen LogP contribution in [0.1, 0.15) is 23.1 Å². The maximum Gasteiger partial charge on any atom is 0.416 e. The Hall–Kier alpha value is -3.66. The molecule has 2 aromatic heterocycles. The Labute approximate surface area is 199 Å². The fraction of sp³-hybridized carbons (Fsp3) is 0.320. The number of nitrogens with one attached hydrogen (secondary N) is 3. The summed E-state index contributed by atoms with van der Waals surface area (Å²) in [5.41, 5.74) is 2.75. The number of hydrogen-bond donors (Lipinski definition) is 3. The van der Waals surface area contributed by atoms with Crippen LogP contribution in [0.2, 0.25) is 0 Å². The maximum atomic E-state index is 13.2. The normalized spacial score (nSPS) is 16.2. The van der Waals surface area contributed by atoms with Crippen LogP contribution >= 0.6 is 0 Å². The van der Waals surface area contributed by atoms with E-state index < -0.39 is 11.7 Å². The lowest BCUT2D eigenvalue weighted by molar-refractivity contribution is -0.137. The predicted octanol–water partition coefficient (Wildman–Crippen LogP) is 4.18. The number of imidazole rings is 1. The highest BCUT2D eigenvalue weighted by molar-refractivity contribution is 5.72. The van der Waals surface area contributed by atoms with E-state index in [0.29, 0.717) is 34.2 Å². The molecule has 0 amide bonds. The highest BCUT2D eigenvalue weighted by atomic mass is 19.4. The second-order valence-electron chi connectivity index (χ2n) is 8.86. The number of rotatable bonds is 6. The molecule has 0 spiro atoms. The van der Waals surface area contributed by atoms with Crippen molar-refractivity contribution in [2.24, 2.45) is 5.92 Å². The molecule has 182 valence electrons. The van der Waals surface area contributed by atoms with E-state index in [0.717, 1.165) is 49.3 Å². The van der Waals surface area contributed by atoms with E-state index in [2.05, 4.69) is 25.6 Å². The van der Waals surface area contributed by atoms with Gasteiger partial charge in [0.25, 0.3) is 0 Å². The molecule has 1 atom stereocenters. The summed E-state index contributed by atoms with van der Waals surface area (Å²) in [6.45, 7) is 4.77. The monoisotopic (exact) mass is 482 g/mol. The topological polar surface area (TPSA) is 87.6 Å². The van der Waals surface area contributed by atoms with Crippen LogP contribution in [0.3, 0.4) is 0 Å². The van der Waals surface area contributed by atoms with Gasteiger partial charge in [-0.1, -0.05) is 30.3 Å². The molecule has 0 bridgehead atoms. The second kappa shape index (κ2) is 9.18. The first-order chi connectivity index (χ1) is 16.8. The zero-order valence-electron chi connectivity index (χ0n) is 19.1. The van der Waals surface area contributed by atoms with E-state index in [1.807, 2.05) is 13.0 Å². The molecular weight excluding hydrogens is 457 g/mol. The van der Waals surface area contributed by atoms with Crippen molar-refractivity contribution < 1.29 is 13.2 Å². The summed E-state index contributed by atoms with van der Waals surface area (Å²) in [6, 6.07) is 10.7. The van der Waals surface area contributed by atoms with Crippen LogP contribution in [-0.4, -0.2) is 39.2 Å². The molecule has 0 saturated carbocycles. The molecule has 0 aliphatic carbocycles. The molecule has 10 heteroatoms. The third kappa shape index (κ3) is 4.79. The average Bonchev–Trinajstić information content (AvgIpc) is 3.46. The van der Waals surface area contributed by atoms with Crippen LogP contribution in [0.4, 0.5) is 19.1 Å². The molecule has 3 N–H and O–H groups in total. The Morgan fingerprint density at radius 1 is 1.20 bits per heavy atom. The summed E-state index contributed by atoms with van der Waals surface area (Å²) in [6.07, 6.45) is -1.74. The molecule has 7 nitrogen and oxygen atoms in total. The van der Waals surface area contributed by atoms with E-state index in [1.165, 1.54) is 10.6 Å². The van der Waals surface area contributed by atoms with E-state index in [1.54, 1.807) is 24.4 Å². The second-order valence-corrected chi connectivity index (χ2v) is 8.86. The van der Waals surface area contributed by atoms with Crippen molar-refractivity contribution in [3.8, 4) is 11.1 Å². The molecular formula is C25H25F3N6O. The van der Waals surface area contributed by atoms with Gasteiger partial charge in [0.1, 0.15) is 5.52 Å². The lowest BCUT2D eigenvalue weighted by atomic mass is 9.95. The van der Waals surface area contributed by atoms with Crippen molar-refractivity contribution in [3.05, 3.63) is 75.8 Å². The Morgan fingerprint density at radius 2 is 2.03 bits per heavy atom. The number of anilines is 1. The molecule has 2 aromatic carbocycles. The largest absolute Gasteiger partial charge is 0.416 e. The van der Waals surface area contributed by atoms with Crippen molar-refractivity contribution in [3.63, 3.8) is 0 Å². The van der Waals surface area contributed by atoms with Crippen LogP contribution in [0, 0.1) is 12.8 Å². The SMILES string of the molecule is Cc1c(Cn2c(=O)[nH]c3cnc(NC[C@@H]4CCNC4)nc32)cccc1-c1cccc(C(F)(F)F)c1. The summed E-state index contributed by atoms with van der Waals surface area (Å²) >= 11 is 0. The van der Waals surface area contributed by atoms with Gasteiger partial charge in [0.05, 0.1) is 18.3 Å². The zero-order valence-corrected chi connectivity index (χ0v) is 19.1. The lowest BCUT2D eigenvalue weighted by Crippen LogP contribution is -2.19. The number of alkyl halides is 3. The van der Waals surface area contributed by atoms with Gasteiger partial charge in [-0.3, -0.25) is 4.57 Å².